The number of phenolic OH excluding ortho intramolecular Hbond substituents is 2. The van der Waals surface area contributed by atoms with E-state index in [4.69, 9.17) is 0 Å². The molecular formula is C11H15NO2. The van der Waals surface area contributed by atoms with Crippen molar-refractivity contribution in [3.8, 4) is 11.5 Å². The molecule has 1 aliphatic heterocycles. The fourth-order valence-electron chi connectivity index (χ4n) is 1.96. The van der Waals surface area contributed by atoms with Crippen molar-refractivity contribution in [3.05, 3.63) is 23.3 Å². The fourth-order valence-corrected chi connectivity index (χ4v) is 1.96. The van der Waals surface area contributed by atoms with E-state index in [1.165, 1.54) is 0 Å². The molecule has 0 radical (unpaired) electrons. The first-order valence-corrected chi connectivity index (χ1v) is 4.91. The molecule has 3 heteroatoms. The first kappa shape index (κ1) is 9.34. The van der Waals surface area contributed by atoms with Crippen LogP contribution in [0.1, 0.15) is 23.5 Å². The third-order valence-electron chi connectivity index (χ3n) is 2.83. The Bertz CT molecular complexity index is 320. The van der Waals surface area contributed by atoms with Gasteiger partial charge in [0, 0.05) is 6.54 Å². The number of hydrogen-bond donors (Lipinski definition) is 3. The SMILES string of the molecule is Cc1cc(C2CCNC2)cc(O)c1O. The van der Waals surface area contributed by atoms with Gasteiger partial charge in [-0.2, -0.15) is 0 Å². The Morgan fingerprint density at radius 3 is 2.71 bits per heavy atom. The monoisotopic (exact) mass is 193 g/mol. The molecular weight excluding hydrogens is 178 g/mol. The van der Waals surface area contributed by atoms with E-state index in [0.717, 1.165) is 30.6 Å². The van der Waals surface area contributed by atoms with Crippen LogP contribution in [0.4, 0.5) is 0 Å². The molecule has 0 aliphatic carbocycles. The number of hydrogen-bond acceptors (Lipinski definition) is 3. The Morgan fingerprint density at radius 2 is 2.14 bits per heavy atom. The third-order valence-corrected chi connectivity index (χ3v) is 2.83. The Morgan fingerprint density at radius 1 is 1.36 bits per heavy atom. The van der Waals surface area contributed by atoms with Gasteiger partial charge in [-0.1, -0.05) is 6.07 Å². The summed E-state index contributed by atoms with van der Waals surface area (Å²) in [6.07, 6.45) is 1.10. The normalized spacial score (nSPS) is 21.4. The van der Waals surface area contributed by atoms with Gasteiger partial charge in [-0.3, -0.25) is 0 Å². The van der Waals surface area contributed by atoms with Gasteiger partial charge in [0.05, 0.1) is 0 Å². The van der Waals surface area contributed by atoms with Crippen LogP contribution in [0.15, 0.2) is 12.1 Å². The minimum Gasteiger partial charge on any atom is -0.504 e. The summed E-state index contributed by atoms with van der Waals surface area (Å²) in [5.74, 6) is 0.465. The van der Waals surface area contributed by atoms with Crippen LogP contribution in [0, 0.1) is 6.92 Å². The van der Waals surface area contributed by atoms with E-state index in [0.29, 0.717) is 5.92 Å². The van der Waals surface area contributed by atoms with Gasteiger partial charge in [-0.15, -0.1) is 0 Å². The van der Waals surface area contributed by atoms with Crippen molar-refractivity contribution in [2.45, 2.75) is 19.3 Å². The first-order chi connectivity index (χ1) is 6.68. The predicted molar refractivity (Wildman–Crippen MR) is 54.7 cm³/mol. The summed E-state index contributed by atoms with van der Waals surface area (Å²) in [5.41, 5.74) is 1.86. The molecule has 14 heavy (non-hydrogen) atoms. The van der Waals surface area contributed by atoms with E-state index in [1.54, 1.807) is 13.0 Å². The number of phenols is 2. The molecule has 1 heterocycles. The lowest BCUT2D eigenvalue weighted by Crippen LogP contribution is -2.07. The van der Waals surface area contributed by atoms with Crippen LogP contribution in [0.5, 0.6) is 11.5 Å². The second kappa shape index (κ2) is 3.50. The second-order valence-corrected chi connectivity index (χ2v) is 3.90. The quantitative estimate of drug-likeness (QED) is 0.592. The zero-order chi connectivity index (χ0) is 10.1. The first-order valence-electron chi connectivity index (χ1n) is 4.91. The Kier molecular flexibility index (Phi) is 2.33. The van der Waals surface area contributed by atoms with Crippen LogP contribution in [0.25, 0.3) is 0 Å². The predicted octanol–water partition coefficient (Wildman–Crippen LogP) is 1.48. The average Bonchev–Trinajstić information content (AvgIpc) is 2.66. The third kappa shape index (κ3) is 1.55. The second-order valence-electron chi connectivity index (χ2n) is 3.90. The molecule has 1 aromatic carbocycles. The van der Waals surface area contributed by atoms with Gasteiger partial charge in [0.1, 0.15) is 0 Å². The van der Waals surface area contributed by atoms with Crippen molar-refractivity contribution in [3.63, 3.8) is 0 Å². The minimum atomic E-state index is -0.00750. The zero-order valence-electron chi connectivity index (χ0n) is 8.25. The number of benzene rings is 1. The van der Waals surface area contributed by atoms with Crippen LogP contribution in [0.3, 0.4) is 0 Å². The van der Waals surface area contributed by atoms with Gasteiger partial charge >= 0.3 is 0 Å². The number of aryl methyl sites for hydroxylation is 1. The highest BCUT2D eigenvalue weighted by Gasteiger charge is 2.18. The van der Waals surface area contributed by atoms with Crippen molar-refractivity contribution >= 4 is 0 Å². The fraction of sp³-hybridized carbons (Fsp3) is 0.455. The summed E-state index contributed by atoms with van der Waals surface area (Å²) in [4.78, 5) is 0. The molecule has 3 nitrogen and oxygen atoms in total. The van der Waals surface area contributed by atoms with Gasteiger partial charge in [-0.05, 0) is 43.0 Å². The molecule has 1 unspecified atom stereocenters. The van der Waals surface area contributed by atoms with Gasteiger partial charge < -0.3 is 15.5 Å². The van der Waals surface area contributed by atoms with Crippen molar-refractivity contribution in [1.29, 1.82) is 0 Å². The van der Waals surface area contributed by atoms with Gasteiger partial charge in [0.2, 0.25) is 0 Å². The molecule has 2 rings (SSSR count). The molecule has 0 bridgehead atoms. The molecule has 1 atom stereocenters. The van der Waals surface area contributed by atoms with Crippen molar-refractivity contribution in [2.24, 2.45) is 0 Å². The topological polar surface area (TPSA) is 52.5 Å². The molecule has 0 spiro atoms. The van der Waals surface area contributed by atoms with Gasteiger partial charge in [-0.25, -0.2) is 0 Å². The van der Waals surface area contributed by atoms with E-state index in [-0.39, 0.29) is 11.5 Å². The molecule has 0 saturated carbocycles. The summed E-state index contributed by atoms with van der Waals surface area (Å²) in [7, 11) is 0. The molecule has 76 valence electrons. The van der Waals surface area contributed by atoms with E-state index < -0.39 is 0 Å². The number of nitrogens with one attached hydrogen (secondary N) is 1. The lowest BCUT2D eigenvalue weighted by atomic mass is 9.96. The van der Waals surface area contributed by atoms with Gasteiger partial charge in [0.25, 0.3) is 0 Å². The lowest BCUT2D eigenvalue weighted by molar-refractivity contribution is 0.400. The highest BCUT2D eigenvalue weighted by molar-refractivity contribution is 5.47. The summed E-state index contributed by atoms with van der Waals surface area (Å²) in [5, 5.41) is 22.2. The average molecular weight is 193 g/mol. The van der Waals surface area contributed by atoms with Crippen LogP contribution in [-0.2, 0) is 0 Å². The van der Waals surface area contributed by atoms with Crippen LogP contribution in [-0.4, -0.2) is 23.3 Å². The minimum absolute atomic E-state index is 0.000272. The Labute approximate surface area is 83.4 Å². The van der Waals surface area contributed by atoms with Crippen LogP contribution in [0.2, 0.25) is 0 Å². The molecule has 1 aromatic rings. The van der Waals surface area contributed by atoms with Crippen LogP contribution < -0.4 is 5.32 Å². The maximum atomic E-state index is 9.47. The van der Waals surface area contributed by atoms with Crippen molar-refractivity contribution in [1.82, 2.24) is 5.32 Å². The zero-order valence-corrected chi connectivity index (χ0v) is 8.25. The summed E-state index contributed by atoms with van der Waals surface area (Å²) >= 11 is 0. The standard InChI is InChI=1S/C11H15NO2/c1-7-4-9(5-10(13)11(7)14)8-2-3-12-6-8/h4-5,8,12-14H,2-3,6H2,1H3. The molecule has 1 saturated heterocycles. The molecule has 0 amide bonds. The van der Waals surface area contributed by atoms with E-state index >= 15 is 0 Å². The van der Waals surface area contributed by atoms with E-state index in [2.05, 4.69) is 5.32 Å². The van der Waals surface area contributed by atoms with Crippen molar-refractivity contribution in [2.75, 3.05) is 13.1 Å². The Balaban J connectivity index is 2.34. The highest BCUT2D eigenvalue weighted by Crippen LogP contribution is 2.34. The molecule has 0 aromatic heterocycles. The Hall–Kier alpha value is -1.22. The van der Waals surface area contributed by atoms with Crippen molar-refractivity contribution < 1.29 is 10.2 Å². The lowest BCUT2D eigenvalue weighted by Gasteiger charge is -2.11. The number of rotatable bonds is 1. The van der Waals surface area contributed by atoms with Crippen LogP contribution >= 0.6 is 0 Å². The maximum absolute atomic E-state index is 9.47. The summed E-state index contributed by atoms with van der Waals surface area (Å²) < 4.78 is 0. The molecule has 1 aliphatic rings. The summed E-state index contributed by atoms with van der Waals surface area (Å²) in [6, 6.07) is 3.62. The molecule has 1 fully saturated rings. The smallest absolute Gasteiger partial charge is 0.160 e. The van der Waals surface area contributed by atoms with E-state index in [1.807, 2.05) is 6.07 Å². The largest absolute Gasteiger partial charge is 0.504 e. The number of aromatic hydroxyl groups is 2. The molecule has 3 N–H and O–H groups in total. The maximum Gasteiger partial charge on any atom is 0.160 e. The summed E-state index contributed by atoms with van der Waals surface area (Å²) in [6.45, 7) is 3.80. The van der Waals surface area contributed by atoms with Gasteiger partial charge in [0.15, 0.2) is 11.5 Å². The highest BCUT2D eigenvalue weighted by atomic mass is 16.3. The van der Waals surface area contributed by atoms with E-state index in [9.17, 15) is 10.2 Å².